The fraction of sp³-hybridized carbons (Fsp3) is 0.583. The molecule has 0 unspecified atom stereocenters. The zero-order valence-electron chi connectivity index (χ0n) is 20.0. The Bertz CT molecular complexity index is 1160. The van der Waals surface area contributed by atoms with E-state index < -0.39 is 0 Å². The highest BCUT2D eigenvalue weighted by Gasteiger charge is 2.31. The number of fused-ring (bicyclic) bond motifs is 1. The molecule has 34 heavy (non-hydrogen) atoms. The standard InChI is InChI=1S/C24H33N7O3/c1-15(14-34-3)27-24-25-10-23-21(8-22(31(23)28-24)17-4-6-20(33)7-5-17)18-9-26-30(11-18)19-12-29(13-19)16(2)32/h8-11,15,17,19-20,33H,4-7,12-14H2,1-3H3,(H,27,28)/t15-,17?,20?/m0/s1. The molecule has 1 amide bonds. The highest BCUT2D eigenvalue weighted by Crippen LogP contribution is 2.38. The Hall–Kier alpha value is -2.98. The van der Waals surface area contributed by atoms with Crippen molar-refractivity contribution in [2.75, 3.05) is 32.1 Å². The summed E-state index contributed by atoms with van der Waals surface area (Å²) in [5.41, 5.74) is 4.13. The fourth-order valence-corrected chi connectivity index (χ4v) is 5.04. The van der Waals surface area contributed by atoms with Crippen LogP contribution in [0.25, 0.3) is 16.6 Å². The maximum Gasteiger partial charge on any atom is 0.241 e. The van der Waals surface area contributed by atoms with E-state index in [0.29, 0.717) is 31.6 Å². The first kappa shape index (κ1) is 22.8. The molecule has 2 N–H and O–H groups in total. The molecule has 1 atom stereocenters. The van der Waals surface area contributed by atoms with Crippen LogP contribution in [0.3, 0.4) is 0 Å². The summed E-state index contributed by atoms with van der Waals surface area (Å²) in [7, 11) is 1.68. The molecule has 1 saturated heterocycles. The maximum absolute atomic E-state index is 11.5. The Labute approximate surface area is 198 Å². The minimum atomic E-state index is -0.209. The largest absolute Gasteiger partial charge is 0.393 e. The Kier molecular flexibility index (Phi) is 6.26. The van der Waals surface area contributed by atoms with Crippen LogP contribution < -0.4 is 5.32 Å². The predicted octanol–water partition coefficient (Wildman–Crippen LogP) is 2.46. The monoisotopic (exact) mass is 467 g/mol. The summed E-state index contributed by atoms with van der Waals surface area (Å²) in [4.78, 5) is 17.9. The summed E-state index contributed by atoms with van der Waals surface area (Å²) in [5, 5.41) is 22.8. The quantitative estimate of drug-likeness (QED) is 0.549. The number of ether oxygens (including phenoxy) is 1. The van der Waals surface area contributed by atoms with Gasteiger partial charge in [-0.25, -0.2) is 9.50 Å². The van der Waals surface area contributed by atoms with Gasteiger partial charge in [0.15, 0.2) is 0 Å². The molecule has 1 aliphatic heterocycles. The molecular weight excluding hydrogens is 434 g/mol. The van der Waals surface area contributed by atoms with Crippen LogP contribution in [0, 0.1) is 0 Å². The van der Waals surface area contributed by atoms with E-state index in [0.717, 1.165) is 48.0 Å². The molecule has 0 aromatic carbocycles. The molecule has 182 valence electrons. The summed E-state index contributed by atoms with van der Waals surface area (Å²) in [6.07, 6.45) is 9.07. The van der Waals surface area contributed by atoms with Crippen molar-refractivity contribution in [3.05, 3.63) is 30.4 Å². The van der Waals surface area contributed by atoms with Crippen molar-refractivity contribution in [3.8, 4) is 11.1 Å². The van der Waals surface area contributed by atoms with Crippen molar-refractivity contribution in [3.63, 3.8) is 0 Å². The number of carbonyl (C=O) groups excluding carboxylic acids is 1. The third-order valence-corrected chi connectivity index (χ3v) is 7.05. The van der Waals surface area contributed by atoms with E-state index in [2.05, 4.69) is 27.7 Å². The Balaban J connectivity index is 1.47. The van der Waals surface area contributed by atoms with Gasteiger partial charge in [0, 0.05) is 62.1 Å². The lowest BCUT2D eigenvalue weighted by molar-refractivity contribution is -0.134. The van der Waals surface area contributed by atoms with Gasteiger partial charge in [-0.3, -0.25) is 9.48 Å². The van der Waals surface area contributed by atoms with Gasteiger partial charge >= 0.3 is 0 Å². The second kappa shape index (κ2) is 9.34. The van der Waals surface area contributed by atoms with Gasteiger partial charge in [0.1, 0.15) is 0 Å². The Morgan fingerprint density at radius 1 is 1.26 bits per heavy atom. The van der Waals surface area contributed by atoms with Crippen molar-refractivity contribution in [1.82, 2.24) is 29.3 Å². The fourth-order valence-electron chi connectivity index (χ4n) is 5.04. The highest BCUT2D eigenvalue weighted by molar-refractivity contribution is 5.81. The smallest absolute Gasteiger partial charge is 0.241 e. The second-order valence-corrected chi connectivity index (χ2v) is 9.65. The molecule has 2 fully saturated rings. The molecule has 0 bridgehead atoms. The lowest BCUT2D eigenvalue weighted by atomic mass is 9.85. The number of likely N-dealkylation sites (tertiary alicyclic amines) is 1. The van der Waals surface area contributed by atoms with Crippen LogP contribution >= 0.6 is 0 Å². The van der Waals surface area contributed by atoms with Crippen molar-refractivity contribution in [2.45, 2.75) is 63.6 Å². The second-order valence-electron chi connectivity index (χ2n) is 9.65. The number of anilines is 1. The molecule has 3 aromatic rings. The normalized spacial score (nSPS) is 22.1. The van der Waals surface area contributed by atoms with E-state index in [4.69, 9.17) is 9.84 Å². The molecule has 3 aromatic heterocycles. The SMILES string of the molecule is COC[C@H](C)Nc1ncc2c(-c3cnn(C4CN(C(C)=O)C4)c3)cc(C3CCC(O)CC3)n2n1. The zero-order valence-corrected chi connectivity index (χ0v) is 20.0. The van der Waals surface area contributed by atoms with Crippen LogP contribution in [0.15, 0.2) is 24.7 Å². The number of amides is 1. The molecule has 0 spiro atoms. The number of aliphatic hydroxyl groups excluding tert-OH is 1. The van der Waals surface area contributed by atoms with Crippen molar-refractivity contribution < 1.29 is 14.6 Å². The first-order valence-corrected chi connectivity index (χ1v) is 12.0. The first-order chi connectivity index (χ1) is 16.4. The number of hydrogen-bond donors (Lipinski definition) is 2. The molecule has 1 aliphatic carbocycles. The van der Waals surface area contributed by atoms with E-state index in [-0.39, 0.29) is 24.1 Å². The van der Waals surface area contributed by atoms with E-state index in [1.54, 1.807) is 14.0 Å². The van der Waals surface area contributed by atoms with Gasteiger partial charge in [0.2, 0.25) is 11.9 Å². The number of hydrogen-bond acceptors (Lipinski definition) is 7. The number of aromatic nitrogens is 5. The first-order valence-electron chi connectivity index (χ1n) is 12.0. The van der Waals surface area contributed by atoms with Crippen LogP contribution in [0.5, 0.6) is 0 Å². The van der Waals surface area contributed by atoms with Crippen LogP contribution in [0.2, 0.25) is 0 Å². The summed E-state index contributed by atoms with van der Waals surface area (Å²) in [6.45, 7) is 5.58. The van der Waals surface area contributed by atoms with Crippen molar-refractivity contribution in [2.24, 2.45) is 0 Å². The summed E-state index contributed by atoms with van der Waals surface area (Å²) in [6, 6.07) is 2.50. The summed E-state index contributed by atoms with van der Waals surface area (Å²) < 4.78 is 9.19. The summed E-state index contributed by atoms with van der Waals surface area (Å²) in [5.74, 6) is 0.992. The van der Waals surface area contributed by atoms with Crippen LogP contribution in [0.4, 0.5) is 5.95 Å². The Morgan fingerprint density at radius 2 is 2.03 bits per heavy atom. The molecule has 10 heteroatoms. The van der Waals surface area contributed by atoms with Gasteiger partial charge in [-0.05, 0) is 38.7 Å². The number of nitrogens with zero attached hydrogens (tertiary/aromatic N) is 6. The highest BCUT2D eigenvalue weighted by atomic mass is 16.5. The number of methoxy groups -OCH3 is 1. The number of rotatable bonds is 7. The predicted molar refractivity (Wildman–Crippen MR) is 128 cm³/mol. The van der Waals surface area contributed by atoms with Gasteiger partial charge in [-0.2, -0.15) is 5.10 Å². The van der Waals surface area contributed by atoms with E-state index in [1.165, 1.54) is 0 Å². The van der Waals surface area contributed by atoms with Gasteiger partial charge in [0.25, 0.3) is 0 Å². The third kappa shape index (κ3) is 4.39. The third-order valence-electron chi connectivity index (χ3n) is 7.05. The lowest BCUT2D eigenvalue weighted by Gasteiger charge is -2.38. The maximum atomic E-state index is 11.5. The number of nitrogens with one attached hydrogen (secondary N) is 1. The Morgan fingerprint density at radius 3 is 2.74 bits per heavy atom. The van der Waals surface area contributed by atoms with Crippen molar-refractivity contribution >= 4 is 17.4 Å². The molecule has 4 heterocycles. The zero-order chi connectivity index (χ0) is 23.8. The van der Waals surface area contributed by atoms with Gasteiger partial charge in [-0.1, -0.05) is 0 Å². The van der Waals surface area contributed by atoms with Gasteiger partial charge in [-0.15, -0.1) is 5.10 Å². The molecule has 10 nitrogen and oxygen atoms in total. The molecular formula is C24H33N7O3. The van der Waals surface area contributed by atoms with Crippen LogP contribution in [-0.2, 0) is 9.53 Å². The van der Waals surface area contributed by atoms with E-state index in [1.807, 2.05) is 33.4 Å². The van der Waals surface area contributed by atoms with Crippen LogP contribution in [-0.4, -0.2) is 79.2 Å². The minimum absolute atomic E-state index is 0.0843. The van der Waals surface area contributed by atoms with E-state index >= 15 is 0 Å². The molecule has 2 aliphatic rings. The number of carbonyl (C=O) groups is 1. The minimum Gasteiger partial charge on any atom is -0.393 e. The average Bonchev–Trinajstić information content (AvgIpc) is 3.38. The average molecular weight is 468 g/mol. The van der Waals surface area contributed by atoms with Crippen LogP contribution in [0.1, 0.15) is 57.2 Å². The summed E-state index contributed by atoms with van der Waals surface area (Å²) >= 11 is 0. The molecule has 0 radical (unpaired) electrons. The van der Waals surface area contributed by atoms with Gasteiger partial charge in [0.05, 0.1) is 36.7 Å². The van der Waals surface area contributed by atoms with E-state index in [9.17, 15) is 9.90 Å². The molecule has 1 saturated carbocycles. The number of aliphatic hydroxyl groups is 1. The van der Waals surface area contributed by atoms with Crippen molar-refractivity contribution in [1.29, 1.82) is 0 Å². The topological polar surface area (TPSA) is 110 Å². The lowest BCUT2D eigenvalue weighted by Crippen LogP contribution is -2.49. The van der Waals surface area contributed by atoms with Gasteiger partial charge < -0.3 is 20.1 Å². The molecule has 5 rings (SSSR count).